The maximum absolute atomic E-state index is 12.1. The second-order valence-electron chi connectivity index (χ2n) is 6.97. The fourth-order valence-electron chi connectivity index (χ4n) is 3.56. The first kappa shape index (κ1) is 20.5. The third-order valence-corrected chi connectivity index (χ3v) is 6.92. The average Bonchev–Trinajstić information content (AvgIpc) is 3.26. The summed E-state index contributed by atoms with van der Waals surface area (Å²) in [5.74, 6) is 1.36. The highest BCUT2D eigenvalue weighted by Gasteiger charge is 2.13. The summed E-state index contributed by atoms with van der Waals surface area (Å²) in [5, 5.41) is 15.6. The second kappa shape index (κ2) is 9.02. The number of aromatic nitrogens is 2. The maximum Gasteiger partial charge on any atom is 0.336 e. The Morgan fingerprint density at radius 3 is 2.81 bits per heavy atom. The number of para-hydroxylation sites is 2. The number of rotatable bonds is 7. The van der Waals surface area contributed by atoms with Gasteiger partial charge in [-0.3, -0.25) is 0 Å². The number of benzene rings is 3. The minimum Gasteiger partial charge on any atom is -0.492 e. The Bertz CT molecular complexity index is 1460. The lowest BCUT2D eigenvalue weighted by molar-refractivity contribution is 0.342. The molecule has 8 heteroatoms. The Kier molecular flexibility index (Phi) is 5.79. The van der Waals surface area contributed by atoms with Gasteiger partial charge in [0.1, 0.15) is 11.3 Å². The van der Waals surface area contributed by atoms with Gasteiger partial charge >= 0.3 is 5.63 Å². The molecule has 0 fully saturated rings. The third kappa shape index (κ3) is 4.19. The number of hydrogen-bond donors (Lipinski definition) is 1. The number of ether oxygens (including phenoxy) is 1. The zero-order chi connectivity index (χ0) is 21.9. The van der Waals surface area contributed by atoms with E-state index in [4.69, 9.17) is 9.15 Å². The molecule has 5 rings (SSSR count). The minimum absolute atomic E-state index is 0.351. The van der Waals surface area contributed by atoms with E-state index in [1.807, 2.05) is 55.5 Å². The summed E-state index contributed by atoms with van der Waals surface area (Å²) in [7, 11) is 0. The summed E-state index contributed by atoms with van der Waals surface area (Å²) in [4.78, 5) is 12.1. The molecule has 0 radical (unpaired) electrons. The minimum atomic E-state index is -0.351. The van der Waals surface area contributed by atoms with Crippen LogP contribution in [0.1, 0.15) is 12.5 Å². The topological polar surface area (TPSA) is 77.2 Å². The summed E-state index contributed by atoms with van der Waals surface area (Å²) in [5.41, 5.74) is 2.01. The van der Waals surface area contributed by atoms with Crippen LogP contribution in [0, 0.1) is 0 Å². The van der Waals surface area contributed by atoms with Gasteiger partial charge in [-0.25, -0.2) is 4.79 Å². The summed E-state index contributed by atoms with van der Waals surface area (Å²) in [6, 6.07) is 21.2. The van der Waals surface area contributed by atoms with E-state index in [0.29, 0.717) is 23.1 Å². The largest absolute Gasteiger partial charge is 0.492 e. The van der Waals surface area contributed by atoms with Crippen molar-refractivity contribution >= 4 is 55.7 Å². The Balaban J connectivity index is 1.40. The number of thioether (sulfide) groups is 1. The molecule has 2 aromatic heterocycles. The van der Waals surface area contributed by atoms with Crippen LogP contribution < -0.4 is 15.7 Å². The van der Waals surface area contributed by atoms with Gasteiger partial charge < -0.3 is 14.5 Å². The van der Waals surface area contributed by atoms with Gasteiger partial charge in [-0.05, 0) is 41.5 Å². The molecule has 0 bridgehead atoms. The first-order valence-electron chi connectivity index (χ1n) is 10.1. The zero-order valence-corrected chi connectivity index (χ0v) is 18.8. The van der Waals surface area contributed by atoms with E-state index in [9.17, 15) is 4.79 Å². The quantitative estimate of drug-likeness (QED) is 0.175. The lowest BCUT2D eigenvalue weighted by atomic mass is 10.0. The maximum atomic E-state index is 12.1. The molecule has 3 aromatic carbocycles. The second-order valence-corrected chi connectivity index (χ2v) is 9.17. The van der Waals surface area contributed by atoms with Crippen LogP contribution in [-0.4, -0.2) is 16.8 Å². The van der Waals surface area contributed by atoms with Gasteiger partial charge in [0.05, 0.1) is 12.3 Å². The molecule has 1 N–H and O–H groups in total. The summed E-state index contributed by atoms with van der Waals surface area (Å²) in [6.07, 6.45) is 0. The van der Waals surface area contributed by atoms with Crippen LogP contribution in [0.4, 0.5) is 10.8 Å². The number of fused-ring (bicyclic) bond motifs is 3. The predicted octanol–water partition coefficient (Wildman–Crippen LogP) is 6.23. The van der Waals surface area contributed by atoms with Crippen LogP contribution in [0.3, 0.4) is 0 Å². The van der Waals surface area contributed by atoms with Crippen LogP contribution in [0.2, 0.25) is 0 Å². The number of anilines is 2. The molecule has 160 valence electrons. The predicted molar refractivity (Wildman–Crippen MR) is 130 cm³/mol. The molecule has 0 saturated carbocycles. The van der Waals surface area contributed by atoms with E-state index in [1.165, 1.54) is 11.3 Å². The van der Waals surface area contributed by atoms with Crippen molar-refractivity contribution in [3.8, 4) is 5.75 Å². The Labute approximate surface area is 192 Å². The van der Waals surface area contributed by atoms with E-state index in [0.717, 1.165) is 37.5 Å². The van der Waals surface area contributed by atoms with Gasteiger partial charge in [-0.1, -0.05) is 65.6 Å². The molecule has 0 saturated heterocycles. The smallest absolute Gasteiger partial charge is 0.336 e. The van der Waals surface area contributed by atoms with Crippen LogP contribution >= 0.6 is 23.1 Å². The van der Waals surface area contributed by atoms with Crippen molar-refractivity contribution in [2.24, 2.45) is 0 Å². The molecule has 32 heavy (non-hydrogen) atoms. The Morgan fingerprint density at radius 2 is 1.91 bits per heavy atom. The van der Waals surface area contributed by atoms with Gasteiger partial charge in [0.2, 0.25) is 5.13 Å². The van der Waals surface area contributed by atoms with Gasteiger partial charge in [0.15, 0.2) is 4.34 Å². The highest BCUT2D eigenvalue weighted by atomic mass is 32.2. The zero-order valence-electron chi connectivity index (χ0n) is 17.2. The van der Waals surface area contributed by atoms with Crippen molar-refractivity contribution in [3.05, 3.63) is 82.7 Å². The first-order chi connectivity index (χ1) is 15.7. The number of nitrogens with one attached hydrogen (secondary N) is 1. The molecule has 5 aromatic rings. The van der Waals surface area contributed by atoms with Gasteiger partial charge in [0.25, 0.3) is 0 Å². The van der Waals surface area contributed by atoms with Crippen molar-refractivity contribution in [1.82, 2.24) is 10.2 Å². The van der Waals surface area contributed by atoms with Gasteiger partial charge in [-0.15, -0.1) is 10.2 Å². The molecule has 0 aliphatic rings. The Morgan fingerprint density at radius 1 is 1.06 bits per heavy atom. The fourth-order valence-corrected chi connectivity index (χ4v) is 5.30. The van der Waals surface area contributed by atoms with Crippen molar-refractivity contribution in [2.45, 2.75) is 17.0 Å². The van der Waals surface area contributed by atoms with Crippen molar-refractivity contribution < 1.29 is 9.15 Å². The summed E-state index contributed by atoms with van der Waals surface area (Å²) >= 11 is 3.00. The normalized spacial score (nSPS) is 11.2. The molecule has 0 atom stereocenters. The molecular formula is C24H19N3O3S2. The highest BCUT2D eigenvalue weighted by Crippen LogP contribution is 2.35. The standard InChI is InChI=1S/C24H19N3O3S2/c1-2-29-19-10-6-5-9-18(19)25-23-26-27-24(32-23)31-14-16-13-21(28)30-20-12-11-15-7-3-4-8-17(15)22(16)20/h3-13H,2,14H2,1H3,(H,25,26). The molecular weight excluding hydrogens is 442 g/mol. The van der Waals surface area contributed by atoms with E-state index in [1.54, 1.807) is 17.8 Å². The van der Waals surface area contributed by atoms with E-state index < -0.39 is 0 Å². The Hall–Kier alpha value is -3.36. The molecule has 0 amide bonds. The van der Waals surface area contributed by atoms with Crippen molar-refractivity contribution in [1.29, 1.82) is 0 Å². The molecule has 6 nitrogen and oxygen atoms in total. The lowest BCUT2D eigenvalue weighted by Crippen LogP contribution is -2.00. The van der Waals surface area contributed by atoms with E-state index >= 15 is 0 Å². The molecule has 0 unspecified atom stereocenters. The summed E-state index contributed by atoms with van der Waals surface area (Å²) in [6.45, 7) is 2.54. The average molecular weight is 462 g/mol. The summed E-state index contributed by atoms with van der Waals surface area (Å²) < 4.78 is 11.9. The van der Waals surface area contributed by atoms with E-state index in [-0.39, 0.29) is 5.63 Å². The molecule has 2 heterocycles. The van der Waals surface area contributed by atoms with Crippen LogP contribution in [0.5, 0.6) is 5.75 Å². The van der Waals surface area contributed by atoms with Crippen molar-refractivity contribution in [2.75, 3.05) is 11.9 Å². The first-order valence-corrected chi connectivity index (χ1v) is 11.9. The number of hydrogen-bond acceptors (Lipinski definition) is 8. The lowest BCUT2D eigenvalue weighted by Gasteiger charge is -2.09. The van der Waals surface area contributed by atoms with Gasteiger partial charge in [-0.2, -0.15) is 0 Å². The van der Waals surface area contributed by atoms with E-state index in [2.05, 4.69) is 27.6 Å². The van der Waals surface area contributed by atoms with Crippen LogP contribution in [0.25, 0.3) is 21.7 Å². The monoisotopic (exact) mass is 461 g/mol. The SMILES string of the molecule is CCOc1ccccc1Nc1nnc(SCc2cc(=O)oc3ccc4ccccc4c23)s1. The van der Waals surface area contributed by atoms with Crippen LogP contribution in [-0.2, 0) is 5.75 Å². The molecule has 0 spiro atoms. The third-order valence-electron chi connectivity index (χ3n) is 4.90. The number of nitrogens with zero attached hydrogens (tertiary/aromatic N) is 2. The van der Waals surface area contributed by atoms with Crippen molar-refractivity contribution in [3.63, 3.8) is 0 Å². The van der Waals surface area contributed by atoms with Crippen LogP contribution in [0.15, 0.2) is 80.3 Å². The molecule has 0 aliphatic heterocycles. The fraction of sp³-hybridized carbons (Fsp3) is 0.125. The molecule has 0 aliphatic carbocycles. The van der Waals surface area contributed by atoms with Gasteiger partial charge in [0, 0.05) is 17.2 Å². The highest BCUT2D eigenvalue weighted by molar-refractivity contribution is 8.00.